The highest BCUT2D eigenvalue weighted by Gasteiger charge is 2.13. The van der Waals surface area contributed by atoms with Crippen molar-refractivity contribution in [3.05, 3.63) is 99.2 Å². The average molecular weight is 470 g/mol. The lowest BCUT2D eigenvalue weighted by atomic mass is 10.1. The number of hydrogen-bond acceptors (Lipinski definition) is 4. The van der Waals surface area contributed by atoms with Crippen LogP contribution < -0.4 is 10.1 Å². The van der Waals surface area contributed by atoms with Crippen LogP contribution in [-0.4, -0.2) is 15.7 Å². The number of amides is 1. The second-order valence-corrected chi connectivity index (χ2v) is 8.27. The topological polar surface area (TPSA) is 69.3 Å². The molecule has 0 unspecified atom stereocenters. The number of ether oxygens (including phenoxy) is 1. The third-order valence-corrected chi connectivity index (χ3v) is 5.56. The van der Waals surface area contributed by atoms with E-state index in [1.807, 2.05) is 38.1 Å². The standard InChI is InChI=1S/C24H21Cl2N3O3/c1-15-3-4-16(2)23(9-15)31-14-19-6-8-22(32-19)24(30)28-18-11-27-29(13-18)12-17-5-7-20(25)21(26)10-17/h3-11,13H,12,14H2,1-2H3,(H,28,30). The summed E-state index contributed by atoms with van der Waals surface area (Å²) in [6, 6.07) is 14.8. The molecule has 1 N–H and O–H groups in total. The van der Waals surface area contributed by atoms with E-state index in [4.69, 9.17) is 32.4 Å². The van der Waals surface area contributed by atoms with Gasteiger partial charge in [-0.2, -0.15) is 5.10 Å². The van der Waals surface area contributed by atoms with Crippen molar-refractivity contribution in [2.24, 2.45) is 0 Å². The Kier molecular flexibility index (Phi) is 6.53. The Labute approximate surface area is 195 Å². The molecule has 8 heteroatoms. The van der Waals surface area contributed by atoms with E-state index in [1.165, 1.54) is 0 Å². The van der Waals surface area contributed by atoms with Crippen molar-refractivity contribution in [3.63, 3.8) is 0 Å². The van der Waals surface area contributed by atoms with Gasteiger partial charge in [-0.15, -0.1) is 0 Å². The van der Waals surface area contributed by atoms with Crippen LogP contribution in [-0.2, 0) is 13.2 Å². The summed E-state index contributed by atoms with van der Waals surface area (Å²) in [5.74, 6) is 1.19. The van der Waals surface area contributed by atoms with Crippen molar-refractivity contribution in [3.8, 4) is 5.75 Å². The van der Waals surface area contributed by atoms with E-state index in [9.17, 15) is 4.79 Å². The molecule has 2 heterocycles. The lowest BCUT2D eigenvalue weighted by molar-refractivity contribution is 0.0992. The van der Waals surface area contributed by atoms with Crippen LogP contribution in [0.5, 0.6) is 5.75 Å². The van der Waals surface area contributed by atoms with Crippen molar-refractivity contribution in [2.45, 2.75) is 27.0 Å². The maximum Gasteiger partial charge on any atom is 0.291 e. The van der Waals surface area contributed by atoms with Gasteiger partial charge in [-0.3, -0.25) is 9.48 Å². The minimum atomic E-state index is -0.364. The molecule has 1 amide bonds. The number of hydrogen-bond donors (Lipinski definition) is 1. The number of nitrogens with one attached hydrogen (secondary N) is 1. The fourth-order valence-electron chi connectivity index (χ4n) is 3.12. The van der Waals surface area contributed by atoms with Crippen LogP contribution >= 0.6 is 23.2 Å². The largest absolute Gasteiger partial charge is 0.485 e. The fraction of sp³-hybridized carbons (Fsp3) is 0.167. The van der Waals surface area contributed by atoms with Gasteiger partial charge in [0, 0.05) is 6.20 Å². The SMILES string of the molecule is Cc1ccc(C)c(OCc2ccc(C(=O)Nc3cnn(Cc4ccc(Cl)c(Cl)c4)c3)o2)c1. The van der Waals surface area contributed by atoms with Gasteiger partial charge in [-0.05, 0) is 60.9 Å². The second-order valence-electron chi connectivity index (χ2n) is 7.45. The molecule has 2 aromatic heterocycles. The zero-order valence-electron chi connectivity index (χ0n) is 17.6. The third-order valence-electron chi connectivity index (χ3n) is 4.82. The van der Waals surface area contributed by atoms with Crippen LogP contribution in [0.25, 0.3) is 0 Å². The predicted molar refractivity (Wildman–Crippen MR) is 125 cm³/mol. The Bertz CT molecular complexity index is 1260. The Morgan fingerprint density at radius 1 is 1.09 bits per heavy atom. The third kappa shape index (κ3) is 5.33. The van der Waals surface area contributed by atoms with E-state index in [0.717, 1.165) is 22.4 Å². The Morgan fingerprint density at radius 3 is 2.75 bits per heavy atom. The molecule has 0 aliphatic rings. The van der Waals surface area contributed by atoms with Crippen molar-refractivity contribution in [1.82, 2.24) is 9.78 Å². The molecule has 0 saturated heterocycles. The van der Waals surface area contributed by atoms with E-state index in [0.29, 0.717) is 28.0 Å². The smallest absolute Gasteiger partial charge is 0.291 e. The summed E-state index contributed by atoms with van der Waals surface area (Å²) in [7, 11) is 0. The number of furan rings is 1. The summed E-state index contributed by atoms with van der Waals surface area (Å²) in [4.78, 5) is 12.5. The van der Waals surface area contributed by atoms with E-state index < -0.39 is 0 Å². The zero-order valence-corrected chi connectivity index (χ0v) is 19.1. The number of rotatable bonds is 7. The first-order chi connectivity index (χ1) is 15.4. The van der Waals surface area contributed by atoms with Crippen LogP contribution in [0.1, 0.15) is 33.0 Å². The van der Waals surface area contributed by atoms with Gasteiger partial charge < -0.3 is 14.5 Å². The zero-order chi connectivity index (χ0) is 22.7. The molecule has 0 atom stereocenters. The van der Waals surface area contributed by atoms with Gasteiger partial charge in [0.2, 0.25) is 0 Å². The number of anilines is 1. The molecule has 164 valence electrons. The molecular formula is C24H21Cl2N3O3. The van der Waals surface area contributed by atoms with Crippen molar-refractivity contribution in [2.75, 3.05) is 5.32 Å². The van der Waals surface area contributed by atoms with Crippen molar-refractivity contribution >= 4 is 34.8 Å². The number of benzene rings is 2. The Balaban J connectivity index is 1.35. The van der Waals surface area contributed by atoms with Crippen LogP contribution in [0.2, 0.25) is 10.0 Å². The number of halogens is 2. The summed E-state index contributed by atoms with van der Waals surface area (Å²) in [6.07, 6.45) is 3.30. The minimum Gasteiger partial charge on any atom is -0.485 e. The van der Waals surface area contributed by atoms with Gasteiger partial charge in [0.15, 0.2) is 5.76 Å². The molecule has 0 saturated carbocycles. The minimum absolute atomic E-state index is 0.196. The molecule has 0 aliphatic heterocycles. The summed E-state index contributed by atoms with van der Waals surface area (Å²) in [6.45, 7) is 4.72. The molecule has 2 aromatic carbocycles. The van der Waals surface area contributed by atoms with Crippen LogP contribution in [0.4, 0.5) is 5.69 Å². The van der Waals surface area contributed by atoms with E-state index in [2.05, 4.69) is 10.4 Å². The maximum atomic E-state index is 12.5. The average Bonchev–Trinajstić information content (AvgIpc) is 3.41. The predicted octanol–water partition coefficient (Wildman–Crippen LogP) is 6.28. The highest BCUT2D eigenvalue weighted by Crippen LogP contribution is 2.23. The number of aryl methyl sites for hydroxylation is 2. The summed E-state index contributed by atoms with van der Waals surface area (Å²) in [5, 5.41) is 8.04. The summed E-state index contributed by atoms with van der Waals surface area (Å²) >= 11 is 12.0. The Morgan fingerprint density at radius 2 is 1.94 bits per heavy atom. The lowest BCUT2D eigenvalue weighted by Crippen LogP contribution is -2.10. The highest BCUT2D eigenvalue weighted by molar-refractivity contribution is 6.42. The molecule has 6 nitrogen and oxygen atoms in total. The number of aromatic nitrogens is 2. The van der Waals surface area contributed by atoms with Gasteiger partial charge in [-0.1, -0.05) is 41.4 Å². The molecule has 0 spiro atoms. The first kappa shape index (κ1) is 22.0. The number of carbonyl (C=O) groups excluding carboxylic acids is 1. The number of nitrogens with zero attached hydrogens (tertiary/aromatic N) is 2. The van der Waals surface area contributed by atoms with E-state index in [1.54, 1.807) is 41.3 Å². The molecule has 4 rings (SSSR count). The first-order valence-corrected chi connectivity index (χ1v) is 10.7. The maximum absolute atomic E-state index is 12.5. The van der Waals surface area contributed by atoms with Crippen LogP contribution in [0.3, 0.4) is 0 Å². The van der Waals surface area contributed by atoms with E-state index >= 15 is 0 Å². The highest BCUT2D eigenvalue weighted by atomic mass is 35.5. The monoisotopic (exact) mass is 469 g/mol. The van der Waals surface area contributed by atoms with Gasteiger partial charge in [0.25, 0.3) is 5.91 Å². The molecule has 32 heavy (non-hydrogen) atoms. The summed E-state index contributed by atoms with van der Waals surface area (Å²) in [5.41, 5.74) is 3.65. The first-order valence-electron chi connectivity index (χ1n) is 9.94. The second kappa shape index (κ2) is 9.51. The van der Waals surface area contributed by atoms with Gasteiger partial charge in [0.05, 0.1) is 28.5 Å². The quantitative estimate of drug-likeness (QED) is 0.345. The normalized spacial score (nSPS) is 10.9. The van der Waals surface area contributed by atoms with Crippen molar-refractivity contribution in [1.29, 1.82) is 0 Å². The van der Waals surface area contributed by atoms with Crippen molar-refractivity contribution < 1.29 is 13.9 Å². The molecule has 0 bridgehead atoms. The Hall–Kier alpha value is -3.22. The van der Waals surface area contributed by atoms with E-state index in [-0.39, 0.29) is 18.3 Å². The van der Waals surface area contributed by atoms with Gasteiger partial charge in [0.1, 0.15) is 18.1 Å². The summed E-state index contributed by atoms with van der Waals surface area (Å²) < 4.78 is 13.2. The molecular weight excluding hydrogens is 449 g/mol. The van der Waals surface area contributed by atoms with Gasteiger partial charge >= 0.3 is 0 Å². The molecule has 4 aromatic rings. The van der Waals surface area contributed by atoms with Gasteiger partial charge in [-0.25, -0.2) is 0 Å². The fourth-order valence-corrected chi connectivity index (χ4v) is 3.44. The lowest BCUT2D eigenvalue weighted by Gasteiger charge is -2.08. The molecule has 0 radical (unpaired) electrons. The molecule has 0 aliphatic carbocycles. The molecule has 0 fully saturated rings. The van der Waals surface area contributed by atoms with Crippen LogP contribution in [0.15, 0.2) is 65.3 Å². The van der Waals surface area contributed by atoms with Crippen LogP contribution in [0, 0.1) is 13.8 Å². The number of carbonyl (C=O) groups is 1.